The van der Waals surface area contributed by atoms with Crippen molar-refractivity contribution in [3.63, 3.8) is 0 Å². The van der Waals surface area contributed by atoms with Crippen LogP contribution in [0.2, 0.25) is 0 Å². The van der Waals surface area contributed by atoms with Crippen molar-refractivity contribution < 1.29 is 19.0 Å². The molecule has 0 heterocycles. The zero-order chi connectivity index (χ0) is 20.1. The van der Waals surface area contributed by atoms with Gasteiger partial charge in [-0.15, -0.1) is 0 Å². The van der Waals surface area contributed by atoms with E-state index >= 15 is 0 Å². The first kappa shape index (κ1) is 20.1. The zero-order valence-electron chi connectivity index (χ0n) is 17.1. The second-order valence-electron chi connectivity index (χ2n) is 7.19. The second-order valence-corrected chi connectivity index (χ2v) is 7.19. The lowest BCUT2D eigenvalue weighted by molar-refractivity contribution is -0.121. The fraction of sp³-hybridized carbons (Fsp3) is 0.435. The van der Waals surface area contributed by atoms with Gasteiger partial charge in [0.1, 0.15) is 0 Å². The maximum atomic E-state index is 12.7. The predicted molar refractivity (Wildman–Crippen MR) is 109 cm³/mol. The smallest absolute Gasteiger partial charge is 0.225 e. The van der Waals surface area contributed by atoms with Crippen LogP contribution in [0.3, 0.4) is 0 Å². The molecule has 0 saturated carbocycles. The molecule has 2 aromatic carbocycles. The minimum absolute atomic E-state index is 0.0501. The summed E-state index contributed by atoms with van der Waals surface area (Å²) >= 11 is 0. The Balaban J connectivity index is 1.72. The van der Waals surface area contributed by atoms with Gasteiger partial charge in [-0.25, -0.2) is 0 Å². The first-order valence-electron chi connectivity index (χ1n) is 9.76. The Labute approximate surface area is 167 Å². The average Bonchev–Trinajstić information content (AvgIpc) is 2.72. The number of amides is 1. The number of hydrogen-bond acceptors (Lipinski definition) is 4. The Morgan fingerprint density at radius 2 is 1.68 bits per heavy atom. The van der Waals surface area contributed by atoms with Crippen LogP contribution >= 0.6 is 0 Å². The second kappa shape index (κ2) is 9.00. The minimum Gasteiger partial charge on any atom is -0.493 e. The summed E-state index contributed by atoms with van der Waals surface area (Å²) in [5.74, 6) is 1.54. The molecule has 3 rings (SSSR count). The van der Waals surface area contributed by atoms with E-state index < -0.39 is 0 Å². The molecule has 1 amide bonds. The number of fused-ring (bicyclic) bond motifs is 1. The summed E-state index contributed by atoms with van der Waals surface area (Å²) in [5.41, 5.74) is 4.78. The molecule has 1 aliphatic carbocycles. The van der Waals surface area contributed by atoms with Gasteiger partial charge in [-0.3, -0.25) is 4.79 Å². The summed E-state index contributed by atoms with van der Waals surface area (Å²) in [4.78, 5) is 12.7. The van der Waals surface area contributed by atoms with E-state index in [1.165, 1.54) is 24.0 Å². The largest absolute Gasteiger partial charge is 0.493 e. The maximum Gasteiger partial charge on any atom is 0.225 e. The molecule has 0 bridgehead atoms. The van der Waals surface area contributed by atoms with Gasteiger partial charge in [0.2, 0.25) is 11.7 Å². The highest BCUT2D eigenvalue weighted by molar-refractivity contribution is 5.80. The summed E-state index contributed by atoms with van der Waals surface area (Å²) in [6.07, 6.45) is 5.02. The van der Waals surface area contributed by atoms with E-state index in [-0.39, 0.29) is 18.4 Å². The molecule has 0 unspecified atom stereocenters. The van der Waals surface area contributed by atoms with Crippen LogP contribution < -0.4 is 19.5 Å². The van der Waals surface area contributed by atoms with Crippen molar-refractivity contribution in [2.24, 2.45) is 0 Å². The summed E-state index contributed by atoms with van der Waals surface area (Å²) in [6, 6.07) is 10.2. The number of aryl methyl sites for hydroxylation is 2. The van der Waals surface area contributed by atoms with E-state index in [2.05, 4.69) is 23.5 Å². The van der Waals surface area contributed by atoms with Crippen molar-refractivity contribution in [2.75, 3.05) is 21.3 Å². The van der Waals surface area contributed by atoms with Crippen molar-refractivity contribution in [3.05, 3.63) is 52.6 Å². The zero-order valence-corrected chi connectivity index (χ0v) is 17.1. The normalized spacial score (nSPS) is 14.0. The molecule has 0 saturated heterocycles. The quantitative estimate of drug-likeness (QED) is 0.785. The van der Waals surface area contributed by atoms with Crippen molar-refractivity contribution in [1.82, 2.24) is 5.32 Å². The fourth-order valence-electron chi connectivity index (χ4n) is 3.87. The molecular weight excluding hydrogens is 354 g/mol. The topological polar surface area (TPSA) is 56.8 Å². The number of nitrogens with one attached hydrogen (secondary N) is 1. The third-order valence-corrected chi connectivity index (χ3v) is 5.39. The first-order valence-corrected chi connectivity index (χ1v) is 9.76. The molecule has 1 aliphatic rings. The van der Waals surface area contributed by atoms with Gasteiger partial charge in [0.05, 0.1) is 33.8 Å². The number of rotatable bonds is 7. The molecule has 2 aromatic rings. The van der Waals surface area contributed by atoms with E-state index in [1.807, 2.05) is 13.0 Å². The Morgan fingerprint density at radius 3 is 2.36 bits per heavy atom. The van der Waals surface area contributed by atoms with Crippen molar-refractivity contribution in [1.29, 1.82) is 0 Å². The number of methoxy groups -OCH3 is 3. The van der Waals surface area contributed by atoms with Crippen molar-refractivity contribution in [2.45, 2.75) is 45.1 Å². The molecule has 150 valence electrons. The lowest BCUT2D eigenvalue weighted by atomic mass is 9.89. The summed E-state index contributed by atoms with van der Waals surface area (Å²) in [5, 5.41) is 3.10. The molecule has 5 heteroatoms. The predicted octanol–water partition coefficient (Wildman–Crippen LogP) is 4.01. The molecule has 5 nitrogen and oxygen atoms in total. The third-order valence-electron chi connectivity index (χ3n) is 5.39. The number of carbonyl (C=O) groups excluding carboxylic acids is 1. The van der Waals surface area contributed by atoms with Gasteiger partial charge in [0, 0.05) is 5.56 Å². The first-order chi connectivity index (χ1) is 13.6. The summed E-state index contributed by atoms with van der Waals surface area (Å²) in [7, 11) is 4.70. The van der Waals surface area contributed by atoms with Gasteiger partial charge in [0.15, 0.2) is 11.5 Å². The maximum absolute atomic E-state index is 12.7. The molecule has 0 aromatic heterocycles. The lowest BCUT2D eigenvalue weighted by Crippen LogP contribution is -2.28. The van der Waals surface area contributed by atoms with Gasteiger partial charge < -0.3 is 19.5 Å². The SMILES string of the molecule is COc1ccc(CC(=O)N[C@H](C)c2ccc3c(c2)CCCC3)c(OC)c1OC. The number of ether oxygens (including phenoxy) is 3. The molecule has 1 N–H and O–H groups in total. The number of benzene rings is 2. The van der Waals surface area contributed by atoms with Crippen molar-refractivity contribution >= 4 is 5.91 Å². The average molecular weight is 383 g/mol. The van der Waals surface area contributed by atoms with Crippen LogP contribution in [0.4, 0.5) is 0 Å². The fourth-order valence-corrected chi connectivity index (χ4v) is 3.87. The van der Waals surface area contributed by atoms with Gasteiger partial charge in [0.25, 0.3) is 0 Å². The van der Waals surface area contributed by atoms with E-state index in [9.17, 15) is 4.79 Å². The van der Waals surface area contributed by atoms with Gasteiger partial charge in [-0.2, -0.15) is 0 Å². The number of hydrogen-bond donors (Lipinski definition) is 1. The third kappa shape index (κ3) is 4.24. The molecule has 0 radical (unpaired) electrons. The molecule has 28 heavy (non-hydrogen) atoms. The summed E-state index contributed by atoms with van der Waals surface area (Å²) in [6.45, 7) is 2.02. The lowest BCUT2D eigenvalue weighted by Gasteiger charge is -2.20. The highest BCUT2D eigenvalue weighted by atomic mass is 16.5. The Kier molecular flexibility index (Phi) is 6.45. The highest BCUT2D eigenvalue weighted by Gasteiger charge is 2.19. The van der Waals surface area contributed by atoms with Gasteiger partial charge in [-0.1, -0.05) is 24.3 Å². The molecule has 0 fully saturated rings. The van der Waals surface area contributed by atoms with E-state index in [1.54, 1.807) is 27.4 Å². The molecule has 1 atom stereocenters. The van der Waals surface area contributed by atoms with E-state index in [0.717, 1.165) is 24.0 Å². The van der Waals surface area contributed by atoms with E-state index in [0.29, 0.717) is 17.2 Å². The monoisotopic (exact) mass is 383 g/mol. The van der Waals surface area contributed by atoms with Crippen LogP contribution in [0, 0.1) is 0 Å². The van der Waals surface area contributed by atoms with Crippen LogP contribution in [0.1, 0.15) is 48.1 Å². The minimum atomic E-state index is -0.0595. The Hall–Kier alpha value is -2.69. The van der Waals surface area contributed by atoms with Crippen molar-refractivity contribution in [3.8, 4) is 17.2 Å². The van der Waals surface area contributed by atoms with Gasteiger partial charge >= 0.3 is 0 Å². The summed E-state index contributed by atoms with van der Waals surface area (Å²) < 4.78 is 16.2. The number of carbonyl (C=O) groups is 1. The van der Waals surface area contributed by atoms with Crippen LogP contribution in [0.15, 0.2) is 30.3 Å². The molecule has 0 spiro atoms. The Bertz CT molecular complexity index is 847. The molecular formula is C23H29NO4. The highest BCUT2D eigenvalue weighted by Crippen LogP contribution is 2.40. The van der Waals surface area contributed by atoms with Gasteiger partial charge in [-0.05, 0) is 55.4 Å². The van der Waals surface area contributed by atoms with Crippen LogP contribution in [0.25, 0.3) is 0 Å². The van der Waals surface area contributed by atoms with Crippen LogP contribution in [-0.2, 0) is 24.1 Å². The molecule has 0 aliphatic heterocycles. The van der Waals surface area contributed by atoms with Crippen LogP contribution in [0.5, 0.6) is 17.2 Å². The van der Waals surface area contributed by atoms with Crippen LogP contribution in [-0.4, -0.2) is 27.2 Å². The van der Waals surface area contributed by atoms with E-state index in [4.69, 9.17) is 14.2 Å². The standard InChI is InChI=1S/C23H29NO4/c1-15(17-10-9-16-7-5-6-8-18(16)13-17)24-21(25)14-19-11-12-20(26-2)23(28-4)22(19)27-3/h9-13,15H,5-8,14H2,1-4H3,(H,24,25)/t15-/m1/s1. The Morgan fingerprint density at radius 1 is 0.964 bits per heavy atom.